The maximum Gasteiger partial charge on any atom is 0.227 e. The molecule has 0 fully saturated rings. The van der Waals surface area contributed by atoms with Crippen molar-refractivity contribution in [2.45, 2.75) is 27.2 Å². The van der Waals surface area contributed by atoms with Crippen LogP contribution in [0.2, 0.25) is 0 Å². The van der Waals surface area contributed by atoms with Gasteiger partial charge in [-0.05, 0) is 55.2 Å². The molecule has 3 rings (SSSR count). The van der Waals surface area contributed by atoms with Crippen molar-refractivity contribution < 1.29 is 4.42 Å². The summed E-state index contributed by atoms with van der Waals surface area (Å²) in [5.41, 5.74) is 6.59. The fourth-order valence-electron chi connectivity index (χ4n) is 2.23. The summed E-state index contributed by atoms with van der Waals surface area (Å²) in [5.74, 6) is 0.700. The molecule has 0 radical (unpaired) electrons. The van der Waals surface area contributed by atoms with E-state index in [0.29, 0.717) is 5.89 Å². The Kier molecular flexibility index (Phi) is 2.86. The summed E-state index contributed by atoms with van der Waals surface area (Å²) in [6.07, 6.45) is 1.05. The summed E-state index contributed by atoms with van der Waals surface area (Å²) in [5, 5.41) is 0. The van der Waals surface area contributed by atoms with Gasteiger partial charge in [-0.1, -0.05) is 25.1 Å². The van der Waals surface area contributed by atoms with Crippen molar-refractivity contribution in [3.63, 3.8) is 0 Å². The highest BCUT2D eigenvalue weighted by molar-refractivity contribution is 5.80. The van der Waals surface area contributed by atoms with E-state index in [1.165, 1.54) is 16.7 Å². The van der Waals surface area contributed by atoms with Crippen LogP contribution in [0.15, 0.2) is 40.8 Å². The lowest BCUT2D eigenvalue weighted by molar-refractivity contribution is 0.617. The standard InChI is InChI=1S/C17H17NO/c1-4-13-6-8-14(9-7-13)17-18-15-10-5-11(2)12(3)16(15)19-17/h5-10H,4H2,1-3H3. The first-order valence-corrected chi connectivity index (χ1v) is 6.65. The van der Waals surface area contributed by atoms with Crippen LogP contribution in [0.1, 0.15) is 23.6 Å². The van der Waals surface area contributed by atoms with Crippen molar-refractivity contribution in [1.82, 2.24) is 4.98 Å². The average Bonchev–Trinajstić information content (AvgIpc) is 2.88. The highest BCUT2D eigenvalue weighted by Gasteiger charge is 2.10. The van der Waals surface area contributed by atoms with Crippen molar-refractivity contribution in [2.24, 2.45) is 0 Å². The van der Waals surface area contributed by atoms with Crippen molar-refractivity contribution in [1.29, 1.82) is 0 Å². The summed E-state index contributed by atoms with van der Waals surface area (Å²) in [4.78, 5) is 4.57. The second-order valence-corrected chi connectivity index (χ2v) is 4.93. The first-order valence-electron chi connectivity index (χ1n) is 6.65. The second kappa shape index (κ2) is 4.54. The minimum Gasteiger partial charge on any atom is -0.436 e. The minimum absolute atomic E-state index is 0.700. The van der Waals surface area contributed by atoms with E-state index in [1.54, 1.807) is 0 Å². The molecule has 0 aliphatic rings. The molecule has 0 saturated carbocycles. The van der Waals surface area contributed by atoms with E-state index in [9.17, 15) is 0 Å². The minimum atomic E-state index is 0.700. The van der Waals surface area contributed by atoms with Crippen LogP contribution in [0.25, 0.3) is 22.6 Å². The van der Waals surface area contributed by atoms with Gasteiger partial charge in [-0.2, -0.15) is 0 Å². The number of fused-ring (bicyclic) bond motifs is 1. The lowest BCUT2D eigenvalue weighted by Crippen LogP contribution is -1.81. The molecule has 0 aliphatic carbocycles. The van der Waals surface area contributed by atoms with Gasteiger partial charge in [0.05, 0.1) is 0 Å². The van der Waals surface area contributed by atoms with Crippen molar-refractivity contribution in [2.75, 3.05) is 0 Å². The Morgan fingerprint density at radius 1 is 1.00 bits per heavy atom. The zero-order valence-corrected chi connectivity index (χ0v) is 11.5. The Balaban J connectivity index is 2.12. The van der Waals surface area contributed by atoms with Crippen LogP contribution in [0.3, 0.4) is 0 Å². The van der Waals surface area contributed by atoms with Crippen LogP contribution >= 0.6 is 0 Å². The zero-order valence-electron chi connectivity index (χ0n) is 11.5. The number of rotatable bonds is 2. The van der Waals surface area contributed by atoms with Crippen LogP contribution in [-0.2, 0) is 6.42 Å². The molecule has 0 N–H and O–H groups in total. The normalized spacial score (nSPS) is 11.1. The quantitative estimate of drug-likeness (QED) is 0.661. The third-order valence-corrected chi connectivity index (χ3v) is 3.69. The molecule has 2 nitrogen and oxygen atoms in total. The molecule has 2 aromatic carbocycles. The monoisotopic (exact) mass is 251 g/mol. The van der Waals surface area contributed by atoms with Crippen LogP contribution in [0.4, 0.5) is 0 Å². The van der Waals surface area contributed by atoms with Crippen molar-refractivity contribution >= 4 is 11.1 Å². The van der Waals surface area contributed by atoms with Gasteiger partial charge in [0.2, 0.25) is 5.89 Å². The molecule has 0 amide bonds. The summed E-state index contributed by atoms with van der Waals surface area (Å²) < 4.78 is 5.93. The summed E-state index contributed by atoms with van der Waals surface area (Å²) in [6, 6.07) is 12.5. The zero-order chi connectivity index (χ0) is 13.4. The molecule has 0 spiro atoms. The van der Waals surface area contributed by atoms with Gasteiger partial charge in [0.25, 0.3) is 0 Å². The number of aromatic nitrogens is 1. The third-order valence-electron chi connectivity index (χ3n) is 3.69. The Labute approximate surface area is 113 Å². The molecule has 2 heteroatoms. The van der Waals surface area contributed by atoms with Gasteiger partial charge in [-0.25, -0.2) is 4.98 Å². The van der Waals surface area contributed by atoms with E-state index < -0.39 is 0 Å². The molecule has 1 heterocycles. The van der Waals surface area contributed by atoms with Gasteiger partial charge in [0, 0.05) is 5.56 Å². The van der Waals surface area contributed by atoms with Gasteiger partial charge in [-0.15, -0.1) is 0 Å². The molecular formula is C17H17NO. The molecule has 19 heavy (non-hydrogen) atoms. The summed E-state index contributed by atoms with van der Waals surface area (Å²) in [7, 11) is 0. The Morgan fingerprint density at radius 2 is 1.74 bits per heavy atom. The Bertz CT molecular complexity index is 723. The number of nitrogens with zero attached hydrogens (tertiary/aromatic N) is 1. The van der Waals surface area contributed by atoms with Crippen molar-refractivity contribution in [3.8, 4) is 11.5 Å². The molecule has 0 aliphatic heterocycles. The van der Waals surface area contributed by atoms with Gasteiger partial charge >= 0.3 is 0 Å². The fraction of sp³-hybridized carbons (Fsp3) is 0.235. The number of hydrogen-bond acceptors (Lipinski definition) is 2. The molecule has 0 atom stereocenters. The molecule has 96 valence electrons. The summed E-state index contributed by atoms with van der Waals surface area (Å²) >= 11 is 0. The first-order chi connectivity index (χ1) is 9.19. The maximum absolute atomic E-state index is 5.93. The van der Waals surface area contributed by atoms with E-state index in [4.69, 9.17) is 4.42 Å². The maximum atomic E-state index is 5.93. The molecule has 0 bridgehead atoms. The van der Waals surface area contributed by atoms with E-state index in [1.807, 2.05) is 6.07 Å². The van der Waals surface area contributed by atoms with E-state index >= 15 is 0 Å². The van der Waals surface area contributed by atoms with Gasteiger partial charge < -0.3 is 4.42 Å². The van der Waals surface area contributed by atoms with Gasteiger partial charge in [0.1, 0.15) is 5.52 Å². The van der Waals surface area contributed by atoms with E-state index in [0.717, 1.165) is 23.1 Å². The highest BCUT2D eigenvalue weighted by Crippen LogP contribution is 2.27. The van der Waals surface area contributed by atoms with Gasteiger partial charge in [-0.3, -0.25) is 0 Å². The van der Waals surface area contributed by atoms with Crippen molar-refractivity contribution in [3.05, 3.63) is 53.1 Å². The Hall–Kier alpha value is -2.09. The molecule has 0 unspecified atom stereocenters. The van der Waals surface area contributed by atoms with Crippen LogP contribution in [0, 0.1) is 13.8 Å². The number of benzene rings is 2. The van der Waals surface area contributed by atoms with Crippen LogP contribution < -0.4 is 0 Å². The SMILES string of the molecule is CCc1ccc(-c2nc3ccc(C)c(C)c3o2)cc1. The lowest BCUT2D eigenvalue weighted by Gasteiger charge is -1.98. The fourth-order valence-corrected chi connectivity index (χ4v) is 2.23. The largest absolute Gasteiger partial charge is 0.436 e. The molecule has 1 aromatic heterocycles. The van der Waals surface area contributed by atoms with E-state index in [2.05, 4.69) is 56.1 Å². The predicted molar refractivity (Wildman–Crippen MR) is 78.3 cm³/mol. The van der Waals surface area contributed by atoms with Gasteiger partial charge in [0.15, 0.2) is 5.58 Å². The number of aryl methyl sites for hydroxylation is 3. The second-order valence-electron chi connectivity index (χ2n) is 4.93. The molecule has 3 aromatic rings. The third kappa shape index (κ3) is 2.03. The predicted octanol–water partition coefficient (Wildman–Crippen LogP) is 4.67. The first kappa shape index (κ1) is 12.0. The average molecular weight is 251 g/mol. The number of hydrogen-bond donors (Lipinski definition) is 0. The van der Waals surface area contributed by atoms with Crippen LogP contribution in [-0.4, -0.2) is 4.98 Å². The molecule has 0 saturated heterocycles. The van der Waals surface area contributed by atoms with Crippen LogP contribution in [0.5, 0.6) is 0 Å². The van der Waals surface area contributed by atoms with E-state index in [-0.39, 0.29) is 0 Å². The smallest absolute Gasteiger partial charge is 0.227 e. The Morgan fingerprint density at radius 3 is 2.42 bits per heavy atom. The highest BCUT2D eigenvalue weighted by atomic mass is 16.3. The molecular weight excluding hydrogens is 234 g/mol. The topological polar surface area (TPSA) is 26.0 Å². The number of oxazole rings is 1. The summed E-state index contributed by atoms with van der Waals surface area (Å²) in [6.45, 7) is 6.32. The lowest BCUT2D eigenvalue weighted by atomic mass is 10.1.